The van der Waals surface area contributed by atoms with E-state index in [1.807, 2.05) is 6.92 Å². The summed E-state index contributed by atoms with van der Waals surface area (Å²) < 4.78 is 12.9. The molecule has 0 rings (SSSR count). The number of nitrogens with zero attached hydrogens (tertiary/aromatic N) is 1. The van der Waals surface area contributed by atoms with E-state index in [1.165, 1.54) is 0 Å². The van der Waals surface area contributed by atoms with Crippen molar-refractivity contribution in [1.29, 1.82) is 0 Å². The van der Waals surface area contributed by atoms with Crippen LogP contribution in [0.5, 0.6) is 0 Å². The lowest BCUT2D eigenvalue weighted by atomic mass is 9.90. The molecule has 0 aliphatic carbocycles. The predicted octanol–water partition coefficient (Wildman–Crippen LogP) is 3.13. The van der Waals surface area contributed by atoms with Gasteiger partial charge in [0.15, 0.2) is 0 Å². The summed E-state index contributed by atoms with van der Waals surface area (Å²) in [5.41, 5.74) is 7.82. The smallest absolute Gasteiger partial charge is 0.0963 e. The minimum atomic E-state index is -0.370. The van der Waals surface area contributed by atoms with E-state index in [-0.39, 0.29) is 18.6 Å². The van der Waals surface area contributed by atoms with Gasteiger partial charge in [0.2, 0.25) is 0 Å². The molecule has 0 amide bonds. The number of hydrogen-bond acceptors (Lipinski definition) is 2. The summed E-state index contributed by atoms with van der Waals surface area (Å²) in [6.45, 7) is 7.61. The van der Waals surface area contributed by atoms with Gasteiger partial charge in [-0.05, 0) is 26.2 Å². The molecule has 0 heterocycles. The van der Waals surface area contributed by atoms with E-state index in [4.69, 9.17) is 5.73 Å². The lowest BCUT2D eigenvalue weighted by molar-refractivity contribution is 0.392. The third kappa shape index (κ3) is 6.01. The Kier molecular flexibility index (Phi) is 8.08. The molecule has 0 aliphatic heterocycles. The lowest BCUT2D eigenvalue weighted by Crippen LogP contribution is -2.23. The molecule has 0 saturated carbocycles. The average Bonchev–Trinajstić information content (AvgIpc) is 2.25. The third-order valence-corrected chi connectivity index (χ3v) is 2.87. The highest BCUT2D eigenvalue weighted by molar-refractivity contribution is 5.82. The first kappa shape index (κ1) is 15.3. The Hall–Kier alpha value is -0.700. The van der Waals surface area contributed by atoms with Gasteiger partial charge in [-0.25, -0.2) is 0 Å². The Morgan fingerprint density at radius 2 is 2.06 bits per heavy atom. The maximum atomic E-state index is 12.9. The number of alkyl halides is 1. The van der Waals surface area contributed by atoms with Gasteiger partial charge in [0.1, 0.15) is 0 Å². The van der Waals surface area contributed by atoms with Gasteiger partial charge in [-0.3, -0.25) is 9.38 Å². The summed E-state index contributed by atoms with van der Waals surface area (Å²) in [6.07, 6.45) is 3.41. The minimum absolute atomic E-state index is 0.116. The number of nitrogens with two attached hydrogens (primary N) is 1. The Morgan fingerprint density at radius 1 is 1.44 bits per heavy atom. The molecule has 0 radical (unpaired) electrons. The van der Waals surface area contributed by atoms with Gasteiger partial charge < -0.3 is 5.73 Å². The molecular weight excluding hydrogens is 203 g/mol. The number of halogens is 1. The first-order valence-electron chi connectivity index (χ1n) is 5.96. The van der Waals surface area contributed by atoms with Crippen LogP contribution in [0.4, 0.5) is 4.39 Å². The van der Waals surface area contributed by atoms with Crippen LogP contribution in [-0.2, 0) is 0 Å². The van der Waals surface area contributed by atoms with E-state index in [9.17, 15) is 4.39 Å². The zero-order valence-electron chi connectivity index (χ0n) is 10.8. The van der Waals surface area contributed by atoms with Crippen LogP contribution in [0.2, 0.25) is 0 Å². The maximum absolute atomic E-state index is 12.9. The predicted molar refractivity (Wildman–Crippen MR) is 69.8 cm³/mol. The second kappa shape index (κ2) is 8.45. The second-order valence-electron chi connectivity index (χ2n) is 4.43. The van der Waals surface area contributed by atoms with E-state index in [0.717, 1.165) is 30.5 Å². The van der Waals surface area contributed by atoms with Gasteiger partial charge in [-0.15, -0.1) is 0 Å². The fraction of sp³-hybridized carbons (Fsp3) is 0.769. The molecule has 0 fully saturated rings. The molecule has 0 aromatic heterocycles. The van der Waals surface area contributed by atoms with E-state index in [2.05, 4.69) is 18.5 Å². The average molecular weight is 228 g/mol. The van der Waals surface area contributed by atoms with Crippen LogP contribution >= 0.6 is 0 Å². The monoisotopic (exact) mass is 228 g/mol. The molecule has 2 atom stereocenters. The van der Waals surface area contributed by atoms with Gasteiger partial charge in [0.05, 0.1) is 6.67 Å². The molecule has 16 heavy (non-hydrogen) atoms. The Balaban J connectivity index is 4.20. The molecule has 0 spiro atoms. The van der Waals surface area contributed by atoms with Crippen molar-refractivity contribution in [3.8, 4) is 0 Å². The summed E-state index contributed by atoms with van der Waals surface area (Å²) in [7, 11) is 1.73. The van der Waals surface area contributed by atoms with Gasteiger partial charge in [-0.1, -0.05) is 25.5 Å². The van der Waals surface area contributed by atoms with Gasteiger partial charge in [0, 0.05) is 24.7 Å². The summed E-state index contributed by atoms with van der Waals surface area (Å²) in [4.78, 5) is 4.05. The van der Waals surface area contributed by atoms with Gasteiger partial charge >= 0.3 is 0 Å². The number of aliphatic imine (C=N–C) groups is 1. The summed E-state index contributed by atoms with van der Waals surface area (Å²) in [5, 5.41) is 0. The molecule has 0 aromatic rings. The largest absolute Gasteiger partial charge is 0.327 e. The lowest BCUT2D eigenvalue weighted by Gasteiger charge is -2.19. The highest BCUT2D eigenvalue weighted by atomic mass is 19.1. The fourth-order valence-corrected chi connectivity index (χ4v) is 1.73. The van der Waals surface area contributed by atoms with Crippen molar-refractivity contribution in [3.05, 3.63) is 12.2 Å². The van der Waals surface area contributed by atoms with Gasteiger partial charge in [-0.2, -0.15) is 0 Å². The molecule has 2 N–H and O–H groups in total. The standard InChI is InChI=1S/C13H25FN2/c1-5-6-13(15)7-10(2)12(9-14)8-11(3)16-4/h12-13H,2,5-9,15H2,1,3-4H3/b16-11-. The molecule has 2 unspecified atom stereocenters. The highest BCUT2D eigenvalue weighted by Crippen LogP contribution is 2.20. The second-order valence-corrected chi connectivity index (χ2v) is 4.43. The summed E-state index contributed by atoms with van der Waals surface area (Å²) >= 11 is 0. The van der Waals surface area contributed by atoms with E-state index in [0.29, 0.717) is 6.42 Å². The highest BCUT2D eigenvalue weighted by Gasteiger charge is 2.15. The quantitative estimate of drug-likeness (QED) is 0.503. The molecule has 0 aliphatic rings. The van der Waals surface area contributed by atoms with E-state index >= 15 is 0 Å². The topological polar surface area (TPSA) is 38.4 Å². The third-order valence-electron chi connectivity index (χ3n) is 2.87. The van der Waals surface area contributed by atoms with E-state index in [1.54, 1.807) is 7.05 Å². The first-order chi connectivity index (χ1) is 7.54. The molecule has 3 heteroatoms. The molecule has 0 saturated heterocycles. The van der Waals surface area contributed by atoms with Crippen molar-refractivity contribution in [1.82, 2.24) is 0 Å². The molecule has 2 nitrogen and oxygen atoms in total. The van der Waals surface area contributed by atoms with Crippen LogP contribution < -0.4 is 5.73 Å². The van der Waals surface area contributed by atoms with Crippen molar-refractivity contribution in [3.63, 3.8) is 0 Å². The molecule has 0 aromatic carbocycles. The van der Waals surface area contributed by atoms with Crippen molar-refractivity contribution in [2.75, 3.05) is 13.7 Å². The van der Waals surface area contributed by atoms with Crippen molar-refractivity contribution in [2.24, 2.45) is 16.6 Å². The SMILES string of the molecule is C=C(CC(N)CCC)C(CF)C/C(C)=N\C. The van der Waals surface area contributed by atoms with Crippen molar-refractivity contribution < 1.29 is 4.39 Å². The zero-order chi connectivity index (χ0) is 12.6. The molecular formula is C13H25FN2. The Bertz CT molecular complexity index is 236. The van der Waals surface area contributed by atoms with Crippen LogP contribution in [0.3, 0.4) is 0 Å². The number of hydrogen-bond donors (Lipinski definition) is 1. The zero-order valence-corrected chi connectivity index (χ0v) is 10.8. The van der Waals surface area contributed by atoms with Crippen molar-refractivity contribution >= 4 is 5.71 Å². The first-order valence-corrected chi connectivity index (χ1v) is 5.96. The molecule has 0 bridgehead atoms. The maximum Gasteiger partial charge on any atom is 0.0963 e. The van der Waals surface area contributed by atoms with Crippen LogP contribution in [0.25, 0.3) is 0 Å². The number of rotatable bonds is 8. The van der Waals surface area contributed by atoms with Crippen molar-refractivity contribution in [2.45, 2.75) is 45.6 Å². The molecule has 94 valence electrons. The fourth-order valence-electron chi connectivity index (χ4n) is 1.73. The van der Waals surface area contributed by atoms with Crippen LogP contribution in [0.15, 0.2) is 17.1 Å². The Labute approximate surface area is 98.8 Å². The van der Waals surface area contributed by atoms with E-state index < -0.39 is 0 Å². The normalized spacial score (nSPS) is 15.9. The summed E-state index contributed by atoms with van der Waals surface area (Å²) in [6, 6.07) is 0.116. The van der Waals surface area contributed by atoms with Crippen LogP contribution in [0.1, 0.15) is 39.5 Å². The minimum Gasteiger partial charge on any atom is -0.327 e. The van der Waals surface area contributed by atoms with Crippen LogP contribution in [-0.4, -0.2) is 25.5 Å². The van der Waals surface area contributed by atoms with Crippen LogP contribution in [0, 0.1) is 5.92 Å². The Morgan fingerprint density at radius 3 is 2.50 bits per heavy atom. The summed E-state index contributed by atoms with van der Waals surface area (Å²) in [5.74, 6) is -0.119. The van der Waals surface area contributed by atoms with Gasteiger partial charge in [0.25, 0.3) is 0 Å².